The molecule has 0 aromatic heterocycles. The standard InChI is InChI=1S/C27H40O2Si/c1-5-6-7-15-22-28-23-16-10-17-24-29-30(27(2,3)4,25-18-11-8-12-19-25)26-20-13-9-14-21-26/h5,8-9,11-14,18-21H,1,6-7,10,15-17,22-24H2,2-4H3. The highest BCUT2D eigenvalue weighted by Gasteiger charge is 2.49. The number of benzene rings is 2. The first kappa shape index (κ1) is 24.6. The van der Waals surface area contributed by atoms with Gasteiger partial charge in [-0.25, -0.2) is 0 Å². The molecule has 0 fully saturated rings. The van der Waals surface area contributed by atoms with Crippen LogP contribution in [0.4, 0.5) is 0 Å². The summed E-state index contributed by atoms with van der Waals surface area (Å²) in [6.45, 7) is 13.3. The van der Waals surface area contributed by atoms with E-state index in [1.807, 2.05) is 6.08 Å². The summed E-state index contributed by atoms with van der Waals surface area (Å²) < 4.78 is 12.7. The first-order valence-electron chi connectivity index (χ1n) is 11.5. The van der Waals surface area contributed by atoms with Crippen molar-refractivity contribution in [3.8, 4) is 0 Å². The van der Waals surface area contributed by atoms with Gasteiger partial charge in [0, 0.05) is 19.8 Å². The minimum absolute atomic E-state index is 0.0459. The molecule has 164 valence electrons. The van der Waals surface area contributed by atoms with Crippen LogP contribution in [0.3, 0.4) is 0 Å². The van der Waals surface area contributed by atoms with Crippen molar-refractivity contribution in [1.29, 1.82) is 0 Å². The second kappa shape index (κ2) is 12.9. The molecule has 0 N–H and O–H groups in total. The highest BCUT2D eigenvalue weighted by Crippen LogP contribution is 2.36. The van der Waals surface area contributed by atoms with Gasteiger partial charge < -0.3 is 9.16 Å². The first-order valence-corrected chi connectivity index (χ1v) is 13.4. The van der Waals surface area contributed by atoms with Crippen molar-refractivity contribution >= 4 is 18.7 Å². The van der Waals surface area contributed by atoms with E-state index in [1.54, 1.807) is 0 Å². The van der Waals surface area contributed by atoms with Crippen LogP contribution in [0.5, 0.6) is 0 Å². The summed E-state index contributed by atoms with van der Waals surface area (Å²) in [6, 6.07) is 21.8. The topological polar surface area (TPSA) is 18.5 Å². The maximum Gasteiger partial charge on any atom is 0.261 e. The molecule has 2 aromatic carbocycles. The number of hydrogen-bond acceptors (Lipinski definition) is 2. The summed E-state index contributed by atoms with van der Waals surface area (Å²) in [5.41, 5.74) is 0. The van der Waals surface area contributed by atoms with Crippen molar-refractivity contribution in [2.75, 3.05) is 19.8 Å². The number of hydrogen-bond donors (Lipinski definition) is 0. The molecule has 3 heteroatoms. The predicted octanol–water partition coefficient (Wildman–Crippen LogP) is 6.11. The average Bonchev–Trinajstić information content (AvgIpc) is 2.75. The molecular formula is C27H40O2Si. The molecule has 2 nitrogen and oxygen atoms in total. The molecule has 0 heterocycles. The lowest BCUT2D eigenvalue weighted by Crippen LogP contribution is -2.66. The highest BCUT2D eigenvalue weighted by molar-refractivity contribution is 6.99. The van der Waals surface area contributed by atoms with Crippen LogP contribution >= 0.6 is 0 Å². The van der Waals surface area contributed by atoms with E-state index in [0.717, 1.165) is 51.9 Å². The largest absolute Gasteiger partial charge is 0.407 e. The van der Waals surface area contributed by atoms with Crippen molar-refractivity contribution in [3.63, 3.8) is 0 Å². The van der Waals surface area contributed by atoms with Gasteiger partial charge in [-0.15, -0.1) is 6.58 Å². The molecule has 0 saturated carbocycles. The molecule has 0 unspecified atom stereocenters. The smallest absolute Gasteiger partial charge is 0.261 e. The number of ether oxygens (including phenoxy) is 1. The van der Waals surface area contributed by atoms with Gasteiger partial charge in [0.05, 0.1) is 0 Å². The molecule has 0 spiro atoms. The molecule has 0 aliphatic carbocycles. The fraction of sp³-hybridized carbons (Fsp3) is 0.481. The molecule has 0 atom stereocenters. The van der Waals surface area contributed by atoms with Gasteiger partial charge >= 0.3 is 0 Å². The normalized spacial score (nSPS) is 12.1. The zero-order chi connectivity index (χ0) is 21.7. The lowest BCUT2D eigenvalue weighted by Gasteiger charge is -2.43. The zero-order valence-electron chi connectivity index (χ0n) is 19.2. The van der Waals surface area contributed by atoms with E-state index in [9.17, 15) is 0 Å². The molecule has 0 radical (unpaired) electrons. The highest BCUT2D eigenvalue weighted by atomic mass is 28.4. The Morgan fingerprint density at radius 1 is 0.733 bits per heavy atom. The lowest BCUT2D eigenvalue weighted by molar-refractivity contribution is 0.125. The van der Waals surface area contributed by atoms with E-state index in [-0.39, 0.29) is 5.04 Å². The van der Waals surface area contributed by atoms with Gasteiger partial charge in [-0.3, -0.25) is 0 Å². The van der Waals surface area contributed by atoms with Gasteiger partial charge in [0.2, 0.25) is 0 Å². The molecule has 0 amide bonds. The van der Waals surface area contributed by atoms with Crippen molar-refractivity contribution in [3.05, 3.63) is 73.3 Å². The maximum atomic E-state index is 6.93. The van der Waals surface area contributed by atoms with Crippen LogP contribution in [0.25, 0.3) is 0 Å². The molecule has 0 aliphatic rings. The van der Waals surface area contributed by atoms with Crippen molar-refractivity contribution in [1.82, 2.24) is 0 Å². The third-order valence-corrected chi connectivity index (χ3v) is 10.7. The summed E-state index contributed by atoms with van der Waals surface area (Å²) in [6.07, 6.45) is 8.69. The Labute approximate surface area is 185 Å². The van der Waals surface area contributed by atoms with Crippen LogP contribution in [0.2, 0.25) is 5.04 Å². The van der Waals surface area contributed by atoms with E-state index in [0.29, 0.717) is 0 Å². The molecule has 0 bridgehead atoms. The van der Waals surface area contributed by atoms with E-state index in [1.165, 1.54) is 16.8 Å². The molecular weight excluding hydrogens is 384 g/mol. The van der Waals surface area contributed by atoms with E-state index in [4.69, 9.17) is 9.16 Å². The second-order valence-electron chi connectivity index (χ2n) is 8.97. The van der Waals surface area contributed by atoms with Crippen LogP contribution in [0.15, 0.2) is 73.3 Å². The summed E-state index contributed by atoms with van der Waals surface area (Å²) >= 11 is 0. The van der Waals surface area contributed by atoms with Gasteiger partial charge in [0.25, 0.3) is 8.32 Å². The van der Waals surface area contributed by atoms with E-state index in [2.05, 4.69) is 88.0 Å². The van der Waals surface area contributed by atoms with Gasteiger partial charge in [-0.2, -0.15) is 0 Å². The Morgan fingerprint density at radius 3 is 1.73 bits per heavy atom. The fourth-order valence-electron chi connectivity index (χ4n) is 4.06. The maximum absolute atomic E-state index is 6.93. The zero-order valence-corrected chi connectivity index (χ0v) is 20.2. The quantitative estimate of drug-likeness (QED) is 0.207. The molecule has 2 aromatic rings. The van der Waals surface area contributed by atoms with Gasteiger partial charge in [-0.1, -0.05) is 87.5 Å². The monoisotopic (exact) mass is 424 g/mol. The summed E-state index contributed by atoms with van der Waals surface area (Å²) in [4.78, 5) is 0. The summed E-state index contributed by atoms with van der Waals surface area (Å²) in [7, 11) is -2.38. The average molecular weight is 425 g/mol. The molecule has 0 saturated heterocycles. The molecule has 30 heavy (non-hydrogen) atoms. The number of unbranched alkanes of at least 4 members (excludes halogenated alkanes) is 4. The van der Waals surface area contributed by atoms with Crippen LogP contribution < -0.4 is 10.4 Å². The van der Waals surface area contributed by atoms with Crippen molar-refractivity contribution in [2.24, 2.45) is 0 Å². The van der Waals surface area contributed by atoms with Crippen molar-refractivity contribution in [2.45, 2.75) is 64.3 Å². The number of allylic oxidation sites excluding steroid dienone is 1. The minimum atomic E-state index is -2.38. The predicted molar refractivity (Wildman–Crippen MR) is 132 cm³/mol. The Hall–Kier alpha value is -1.68. The van der Waals surface area contributed by atoms with Gasteiger partial charge in [0.1, 0.15) is 0 Å². The Balaban J connectivity index is 1.95. The first-order chi connectivity index (χ1) is 14.5. The van der Waals surface area contributed by atoms with Gasteiger partial charge in [0.15, 0.2) is 0 Å². The Morgan fingerprint density at radius 2 is 1.23 bits per heavy atom. The van der Waals surface area contributed by atoms with E-state index < -0.39 is 8.32 Å². The minimum Gasteiger partial charge on any atom is -0.407 e. The SMILES string of the molecule is C=CCCCCOCCCCCO[Si](c1ccccc1)(c1ccccc1)C(C)(C)C. The van der Waals surface area contributed by atoms with E-state index >= 15 is 0 Å². The third-order valence-electron chi connectivity index (χ3n) is 5.62. The Kier molecular flexibility index (Phi) is 10.6. The lowest BCUT2D eigenvalue weighted by atomic mass is 10.2. The number of rotatable bonds is 14. The van der Waals surface area contributed by atoms with Crippen LogP contribution in [0, 0.1) is 0 Å². The third kappa shape index (κ3) is 6.94. The summed E-state index contributed by atoms with van der Waals surface area (Å²) in [5, 5.41) is 2.75. The Bertz CT molecular complexity index is 667. The van der Waals surface area contributed by atoms with Gasteiger partial charge in [-0.05, 0) is 53.9 Å². The van der Waals surface area contributed by atoms with Crippen molar-refractivity contribution < 1.29 is 9.16 Å². The molecule has 2 rings (SSSR count). The van der Waals surface area contributed by atoms with Crippen LogP contribution in [-0.4, -0.2) is 28.1 Å². The molecule has 0 aliphatic heterocycles. The summed E-state index contributed by atoms with van der Waals surface area (Å²) in [5.74, 6) is 0. The fourth-order valence-corrected chi connectivity index (χ4v) is 8.67. The van der Waals surface area contributed by atoms with Crippen LogP contribution in [0.1, 0.15) is 59.3 Å². The van der Waals surface area contributed by atoms with Crippen LogP contribution in [-0.2, 0) is 9.16 Å². The second-order valence-corrected chi connectivity index (χ2v) is 13.3.